The minimum atomic E-state index is -0.253. The Balaban J connectivity index is 1.50. The molecule has 7 heteroatoms. The van der Waals surface area contributed by atoms with Gasteiger partial charge in [-0.2, -0.15) is 0 Å². The van der Waals surface area contributed by atoms with Gasteiger partial charge in [-0.15, -0.1) is 17.9 Å². The number of nitrogens with zero attached hydrogens (tertiary/aromatic N) is 3. The van der Waals surface area contributed by atoms with Gasteiger partial charge in [0.1, 0.15) is 11.0 Å². The molecule has 1 amide bonds. The van der Waals surface area contributed by atoms with Crippen molar-refractivity contribution in [3.63, 3.8) is 0 Å². The molecule has 0 aliphatic heterocycles. The van der Waals surface area contributed by atoms with Gasteiger partial charge >= 0.3 is 0 Å². The maximum atomic E-state index is 12.8. The van der Waals surface area contributed by atoms with E-state index < -0.39 is 0 Å². The molecule has 5 nitrogen and oxygen atoms in total. The molecule has 146 valence electrons. The molecule has 0 aliphatic carbocycles. The number of amides is 1. The number of carbonyl (C=O) groups excluding carboxylic acids is 1. The summed E-state index contributed by atoms with van der Waals surface area (Å²) < 4.78 is 2.08. The Morgan fingerprint density at radius 2 is 2.00 bits per heavy atom. The van der Waals surface area contributed by atoms with Crippen molar-refractivity contribution < 1.29 is 4.79 Å². The Morgan fingerprint density at radius 3 is 2.76 bits per heavy atom. The topological polar surface area (TPSA) is 59.8 Å². The largest absolute Gasteiger partial charge is 0.342 e. The zero-order chi connectivity index (χ0) is 20.1. The van der Waals surface area contributed by atoms with Crippen molar-refractivity contribution in [2.75, 3.05) is 5.75 Å². The molecule has 0 spiro atoms. The number of hydrogen-bond acceptors (Lipinski definition) is 5. The van der Waals surface area contributed by atoms with Crippen LogP contribution in [0.25, 0.3) is 11.0 Å². The summed E-state index contributed by atoms with van der Waals surface area (Å²) in [5.74, 6) is 0.214. The molecule has 2 aromatic heterocycles. The average Bonchev–Trinajstić information content (AvgIpc) is 3.40. The van der Waals surface area contributed by atoms with Crippen LogP contribution in [0, 0.1) is 0 Å². The van der Waals surface area contributed by atoms with Gasteiger partial charge in [0.05, 0.1) is 16.8 Å². The molecule has 1 unspecified atom stereocenters. The molecule has 2 aromatic carbocycles. The second-order valence-electron chi connectivity index (χ2n) is 6.35. The number of thioether (sulfide) groups is 1. The zero-order valence-corrected chi connectivity index (χ0v) is 17.3. The molecule has 0 aliphatic rings. The predicted molar refractivity (Wildman–Crippen MR) is 119 cm³/mol. The van der Waals surface area contributed by atoms with Gasteiger partial charge in [-0.3, -0.25) is 4.79 Å². The molecule has 0 saturated heterocycles. The Morgan fingerprint density at radius 1 is 1.21 bits per heavy atom. The Hall–Kier alpha value is -2.90. The Kier molecular flexibility index (Phi) is 6.07. The quantitative estimate of drug-likeness (QED) is 0.332. The van der Waals surface area contributed by atoms with Crippen LogP contribution in [0.1, 0.15) is 16.6 Å². The number of carbonyl (C=O) groups is 1. The van der Waals surface area contributed by atoms with Crippen LogP contribution in [-0.4, -0.2) is 26.2 Å². The van der Waals surface area contributed by atoms with Gasteiger partial charge in [-0.25, -0.2) is 9.97 Å². The van der Waals surface area contributed by atoms with Gasteiger partial charge in [-0.05, 0) is 17.7 Å². The molecule has 0 fully saturated rings. The van der Waals surface area contributed by atoms with E-state index in [0.29, 0.717) is 6.54 Å². The normalized spacial score (nSPS) is 12.0. The minimum absolute atomic E-state index is 0.0590. The molecule has 29 heavy (non-hydrogen) atoms. The molecule has 1 N–H and O–H groups in total. The minimum Gasteiger partial charge on any atom is -0.342 e. The van der Waals surface area contributed by atoms with E-state index in [1.54, 1.807) is 6.20 Å². The number of aromatic nitrogens is 3. The van der Waals surface area contributed by atoms with Gasteiger partial charge in [0.15, 0.2) is 5.16 Å². The van der Waals surface area contributed by atoms with Crippen LogP contribution in [0.3, 0.4) is 0 Å². The number of thiazole rings is 1. The van der Waals surface area contributed by atoms with Gasteiger partial charge in [0.2, 0.25) is 5.91 Å². The number of rotatable bonds is 8. The first-order valence-electron chi connectivity index (χ1n) is 9.19. The summed E-state index contributed by atoms with van der Waals surface area (Å²) in [6.45, 7) is 4.49. The lowest BCUT2D eigenvalue weighted by Crippen LogP contribution is -2.30. The lowest BCUT2D eigenvalue weighted by molar-refractivity contribution is -0.119. The third-order valence-corrected chi connectivity index (χ3v) is 6.22. The van der Waals surface area contributed by atoms with Crippen molar-refractivity contribution in [2.24, 2.45) is 0 Å². The smallest absolute Gasteiger partial charge is 0.231 e. The molecule has 0 bridgehead atoms. The third kappa shape index (κ3) is 4.41. The average molecular weight is 421 g/mol. The molecular formula is C22H20N4OS2. The lowest BCUT2D eigenvalue weighted by Gasteiger charge is -2.17. The van der Waals surface area contributed by atoms with Crippen molar-refractivity contribution in [1.29, 1.82) is 0 Å². The summed E-state index contributed by atoms with van der Waals surface area (Å²) in [4.78, 5) is 21.8. The highest BCUT2D eigenvalue weighted by molar-refractivity contribution is 7.99. The van der Waals surface area contributed by atoms with Crippen molar-refractivity contribution in [1.82, 2.24) is 19.9 Å². The van der Waals surface area contributed by atoms with Gasteiger partial charge in [-0.1, -0.05) is 60.3 Å². The first-order valence-corrected chi connectivity index (χ1v) is 11.1. The number of para-hydroxylation sites is 2. The fraction of sp³-hybridized carbons (Fsp3) is 0.136. The highest BCUT2D eigenvalue weighted by Gasteiger charge is 2.20. The van der Waals surface area contributed by atoms with Gasteiger partial charge in [0, 0.05) is 18.1 Å². The van der Waals surface area contributed by atoms with Gasteiger partial charge in [0.25, 0.3) is 0 Å². The first kappa shape index (κ1) is 19.4. The molecular weight excluding hydrogens is 400 g/mol. The van der Waals surface area contributed by atoms with E-state index in [-0.39, 0.29) is 17.7 Å². The highest BCUT2D eigenvalue weighted by Crippen LogP contribution is 2.26. The summed E-state index contributed by atoms with van der Waals surface area (Å²) >= 11 is 2.96. The van der Waals surface area contributed by atoms with Crippen LogP contribution in [0.4, 0.5) is 0 Å². The highest BCUT2D eigenvalue weighted by atomic mass is 32.2. The van der Waals surface area contributed by atoms with Crippen LogP contribution in [0.2, 0.25) is 0 Å². The van der Waals surface area contributed by atoms with Crippen molar-refractivity contribution in [3.05, 3.63) is 89.4 Å². The third-order valence-electron chi connectivity index (χ3n) is 4.40. The lowest BCUT2D eigenvalue weighted by atomic mass is 10.1. The maximum Gasteiger partial charge on any atom is 0.231 e. The monoisotopic (exact) mass is 420 g/mol. The van der Waals surface area contributed by atoms with Crippen molar-refractivity contribution in [3.8, 4) is 0 Å². The summed E-state index contributed by atoms with van der Waals surface area (Å²) in [6.07, 6.45) is 3.60. The molecule has 2 heterocycles. The van der Waals surface area contributed by atoms with Crippen LogP contribution in [-0.2, 0) is 11.3 Å². The number of fused-ring (bicyclic) bond motifs is 1. The number of nitrogens with one attached hydrogen (secondary N) is 1. The Labute approximate surface area is 177 Å². The fourth-order valence-electron chi connectivity index (χ4n) is 3.11. The van der Waals surface area contributed by atoms with Crippen LogP contribution < -0.4 is 5.32 Å². The van der Waals surface area contributed by atoms with Crippen LogP contribution in [0.5, 0.6) is 0 Å². The van der Waals surface area contributed by atoms with E-state index in [1.165, 1.54) is 23.1 Å². The van der Waals surface area contributed by atoms with Crippen LogP contribution in [0.15, 0.2) is 84.0 Å². The molecule has 1 atom stereocenters. The summed E-state index contributed by atoms with van der Waals surface area (Å²) in [6, 6.07) is 17.6. The fourth-order valence-corrected chi connectivity index (χ4v) is 4.66. The van der Waals surface area contributed by atoms with E-state index in [9.17, 15) is 4.79 Å². The van der Waals surface area contributed by atoms with Gasteiger partial charge < -0.3 is 9.88 Å². The van der Waals surface area contributed by atoms with E-state index in [2.05, 4.69) is 26.4 Å². The molecule has 0 saturated carbocycles. The zero-order valence-electron chi connectivity index (χ0n) is 15.7. The standard InChI is InChI=1S/C22H20N4OS2/c1-2-13-26-18-11-7-6-10-17(18)24-22(26)29-15-19(27)25-20(21-23-12-14-28-21)16-8-4-3-5-9-16/h2-12,14,20H,1,13,15H2,(H,25,27). The van der Waals surface area contributed by atoms with E-state index >= 15 is 0 Å². The first-order chi connectivity index (χ1) is 14.3. The Bertz CT molecular complexity index is 1110. The maximum absolute atomic E-state index is 12.8. The molecule has 4 rings (SSSR count). The van der Waals surface area contributed by atoms with E-state index in [1.807, 2.05) is 66.1 Å². The second-order valence-corrected chi connectivity index (χ2v) is 8.22. The summed E-state index contributed by atoms with van der Waals surface area (Å²) in [5.41, 5.74) is 2.97. The van der Waals surface area contributed by atoms with E-state index in [4.69, 9.17) is 0 Å². The number of allylic oxidation sites excluding steroid dienone is 1. The summed E-state index contributed by atoms with van der Waals surface area (Å²) in [7, 11) is 0. The predicted octanol–water partition coefficient (Wildman–Crippen LogP) is 4.68. The number of hydrogen-bond donors (Lipinski definition) is 1. The second kappa shape index (κ2) is 9.07. The number of imidazole rings is 1. The molecule has 0 radical (unpaired) electrons. The van der Waals surface area contributed by atoms with E-state index in [0.717, 1.165) is 26.8 Å². The molecule has 4 aromatic rings. The summed E-state index contributed by atoms with van der Waals surface area (Å²) in [5, 5.41) is 6.72. The van der Waals surface area contributed by atoms with Crippen molar-refractivity contribution >= 4 is 40.0 Å². The van der Waals surface area contributed by atoms with Crippen LogP contribution >= 0.6 is 23.1 Å². The van der Waals surface area contributed by atoms with Crippen molar-refractivity contribution in [2.45, 2.75) is 17.7 Å². The SMILES string of the molecule is C=CCn1c(SCC(=O)NC(c2ccccc2)c2nccs2)nc2ccccc21. The number of benzene rings is 2.